The van der Waals surface area contributed by atoms with E-state index in [1.807, 2.05) is 25.3 Å². The highest BCUT2D eigenvalue weighted by molar-refractivity contribution is 5.97. The third kappa shape index (κ3) is 4.62. The van der Waals surface area contributed by atoms with Crippen LogP contribution in [-0.2, 0) is 17.8 Å². The molecule has 0 unspecified atom stereocenters. The molecule has 0 radical (unpaired) electrons. The molecule has 2 heterocycles. The maximum atomic E-state index is 14.7. The van der Waals surface area contributed by atoms with E-state index in [9.17, 15) is 18.4 Å². The van der Waals surface area contributed by atoms with Crippen molar-refractivity contribution >= 4 is 11.8 Å². The van der Waals surface area contributed by atoms with Gasteiger partial charge in [0.2, 0.25) is 5.91 Å². The molecule has 6 nitrogen and oxygen atoms in total. The Hall–Kier alpha value is -2.77. The first-order valence-corrected chi connectivity index (χ1v) is 10.6. The van der Waals surface area contributed by atoms with Crippen LogP contribution in [0.3, 0.4) is 0 Å². The molecular formula is C23H30F2N4O2. The van der Waals surface area contributed by atoms with Gasteiger partial charge >= 0.3 is 0 Å². The molecule has 0 saturated carbocycles. The molecule has 1 aromatic carbocycles. The molecule has 1 aliphatic heterocycles. The van der Waals surface area contributed by atoms with E-state index in [1.54, 1.807) is 6.92 Å². The fourth-order valence-corrected chi connectivity index (χ4v) is 3.95. The molecule has 3 rings (SSSR count). The van der Waals surface area contributed by atoms with Gasteiger partial charge in [-0.2, -0.15) is 0 Å². The van der Waals surface area contributed by atoms with Crippen molar-refractivity contribution in [3.63, 3.8) is 0 Å². The molecule has 1 aromatic heterocycles. The number of amides is 2. The maximum Gasteiger partial charge on any atom is 0.272 e. The lowest BCUT2D eigenvalue weighted by Crippen LogP contribution is -2.53. The third-order valence-electron chi connectivity index (χ3n) is 5.72. The lowest BCUT2D eigenvalue weighted by Gasteiger charge is -2.29. The van der Waals surface area contributed by atoms with Crippen LogP contribution in [-0.4, -0.2) is 34.5 Å². The van der Waals surface area contributed by atoms with Gasteiger partial charge in [-0.15, -0.1) is 0 Å². The van der Waals surface area contributed by atoms with Crippen LogP contribution in [0.25, 0.3) is 11.4 Å². The molecule has 1 aliphatic rings. The molecule has 2 N–H and O–H groups in total. The quantitative estimate of drug-likeness (QED) is 0.773. The number of carbonyl (C=O) groups excluding carboxylic acids is 2. The summed E-state index contributed by atoms with van der Waals surface area (Å²) in [5.41, 5.74) is 0.864. The number of aryl methyl sites for hydroxylation is 1. The van der Waals surface area contributed by atoms with Crippen molar-refractivity contribution < 1.29 is 18.4 Å². The van der Waals surface area contributed by atoms with Crippen molar-refractivity contribution in [3.8, 4) is 11.4 Å². The molecule has 1 atom stereocenters. The number of benzene rings is 1. The largest absolute Gasteiger partial charge is 0.357 e. The number of nitrogens with zero attached hydrogens (tertiary/aromatic N) is 2. The summed E-state index contributed by atoms with van der Waals surface area (Å²) in [5.74, 6) is -1.80. The van der Waals surface area contributed by atoms with E-state index in [4.69, 9.17) is 0 Å². The first-order valence-electron chi connectivity index (χ1n) is 10.6. The van der Waals surface area contributed by atoms with E-state index in [-0.39, 0.29) is 17.2 Å². The Balaban J connectivity index is 2.09. The van der Waals surface area contributed by atoms with Crippen molar-refractivity contribution in [3.05, 3.63) is 40.7 Å². The Morgan fingerprint density at radius 1 is 1.13 bits per heavy atom. The summed E-state index contributed by atoms with van der Waals surface area (Å²) >= 11 is 0. The fraction of sp³-hybridized carbons (Fsp3) is 0.522. The smallest absolute Gasteiger partial charge is 0.272 e. The molecule has 0 saturated heterocycles. The van der Waals surface area contributed by atoms with Crippen LogP contribution >= 0.6 is 0 Å². The van der Waals surface area contributed by atoms with Gasteiger partial charge in [0.25, 0.3) is 5.91 Å². The monoisotopic (exact) mass is 432 g/mol. The first-order chi connectivity index (χ1) is 14.5. The Morgan fingerprint density at radius 3 is 2.48 bits per heavy atom. The van der Waals surface area contributed by atoms with Crippen molar-refractivity contribution in [2.24, 2.45) is 5.41 Å². The van der Waals surface area contributed by atoms with Crippen LogP contribution in [0.2, 0.25) is 0 Å². The van der Waals surface area contributed by atoms with Gasteiger partial charge in [-0.25, -0.2) is 13.8 Å². The SMILES string of the molecule is CNC(=O)[C@@H](NC(=O)c1nc(-c2cc(C)c(F)cc2F)n2c1CCCCC2)C(C)(C)C. The summed E-state index contributed by atoms with van der Waals surface area (Å²) in [5, 5.41) is 5.40. The Kier molecular flexibility index (Phi) is 6.48. The van der Waals surface area contributed by atoms with Crippen LogP contribution in [0, 0.1) is 24.0 Å². The minimum atomic E-state index is -0.763. The molecule has 2 aromatic rings. The van der Waals surface area contributed by atoms with Crippen molar-refractivity contribution in [2.45, 2.75) is 66.0 Å². The number of hydrogen-bond donors (Lipinski definition) is 2. The highest BCUT2D eigenvalue weighted by Crippen LogP contribution is 2.30. The van der Waals surface area contributed by atoms with Crippen LogP contribution in [0.1, 0.15) is 61.8 Å². The number of imidazole rings is 1. The first kappa shape index (κ1) is 22.9. The number of aromatic nitrogens is 2. The predicted octanol–water partition coefficient (Wildman–Crippen LogP) is 3.75. The number of carbonyl (C=O) groups is 2. The van der Waals surface area contributed by atoms with E-state index < -0.39 is 29.0 Å². The van der Waals surface area contributed by atoms with Crippen LogP contribution in [0.5, 0.6) is 0 Å². The van der Waals surface area contributed by atoms with Crippen molar-refractivity contribution in [1.82, 2.24) is 20.2 Å². The highest BCUT2D eigenvalue weighted by atomic mass is 19.1. The van der Waals surface area contributed by atoms with E-state index in [0.29, 0.717) is 24.4 Å². The van der Waals surface area contributed by atoms with Gasteiger partial charge in [0.15, 0.2) is 0 Å². The molecule has 0 aliphatic carbocycles. The molecule has 8 heteroatoms. The minimum Gasteiger partial charge on any atom is -0.357 e. The number of rotatable bonds is 4. The fourth-order valence-electron chi connectivity index (χ4n) is 3.95. The van der Waals surface area contributed by atoms with E-state index >= 15 is 0 Å². The topological polar surface area (TPSA) is 76.0 Å². The van der Waals surface area contributed by atoms with Gasteiger partial charge in [-0.3, -0.25) is 9.59 Å². The zero-order chi connectivity index (χ0) is 22.9. The zero-order valence-corrected chi connectivity index (χ0v) is 18.7. The third-order valence-corrected chi connectivity index (χ3v) is 5.72. The summed E-state index contributed by atoms with van der Waals surface area (Å²) in [7, 11) is 1.52. The molecule has 168 valence electrons. The molecule has 0 spiro atoms. The second kappa shape index (κ2) is 8.77. The molecule has 0 fully saturated rings. The summed E-state index contributed by atoms with van der Waals surface area (Å²) in [6, 6.07) is 1.51. The van der Waals surface area contributed by atoms with Crippen LogP contribution < -0.4 is 10.6 Å². The molecule has 0 bridgehead atoms. The second-order valence-corrected chi connectivity index (χ2v) is 9.16. The number of nitrogens with one attached hydrogen (secondary N) is 2. The van der Waals surface area contributed by atoms with Crippen molar-refractivity contribution in [2.75, 3.05) is 7.05 Å². The summed E-state index contributed by atoms with van der Waals surface area (Å²) < 4.78 is 30.3. The number of hydrogen-bond acceptors (Lipinski definition) is 3. The Bertz CT molecular complexity index is 1010. The molecule has 31 heavy (non-hydrogen) atoms. The van der Waals surface area contributed by atoms with Gasteiger partial charge in [0.05, 0.1) is 11.3 Å². The lowest BCUT2D eigenvalue weighted by atomic mass is 9.86. The average molecular weight is 433 g/mol. The van der Waals surface area contributed by atoms with E-state index in [0.717, 1.165) is 31.0 Å². The normalized spacial score (nSPS) is 15.1. The zero-order valence-electron chi connectivity index (χ0n) is 18.7. The van der Waals surface area contributed by atoms with Crippen molar-refractivity contribution in [1.29, 1.82) is 0 Å². The minimum absolute atomic E-state index is 0.166. The Labute approximate surface area is 181 Å². The predicted molar refractivity (Wildman–Crippen MR) is 115 cm³/mol. The number of likely N-dealkylation sites (N-methyl/N-ethyl adjacent to an activating group) is 1. The summed E-state index contributed by atoms with van der Waals surface area (Å²) in [6.45, 7) is 7.75. The summed E-state index contributed by atoms with van der Waals surface area (Å²) in [6.07, 6.45) is 3.37. The van der Waals surface area contributed by atoms with Gasteiger partial charge < -0.3 is 15.2 Å². The van der Waals surface area contributed by atoms with Gasteiger partial charge in [0, 0.05) is 19.7 Å². The van der Waals surface area contributed by atoms with Gasteiger partial charge in [0.1, 0.15) is 29.2 Å². The standard InChI is InChI=1S/C23H30F2N4O2/c1-13-11-14(16(25)12-15(13)24)20-27-18(17-9-7-6-8-10-29(17)20)21(30)28-19(22(31)26-5)23(2,3)4/h11-12,19H,6-10H2,1-5H3,(H,26,31)(H,28,30)/t19-/m1/s1. The summed E-state index contributed by atoms with van der Waals surface area (Å²) in [4.78, 5) is 30.1. The number of fused-ring (bicyclic) bond motifs is 1. The molecule has 2 amide bonds. The van der Waals surface area contributed by atoms with Gasteiger partial charge in [-0.1, -0.05) is 27.2 Å². The second-order valence-electron chi connectivity index (χ2n) is 9.16. The lowest BCUT2D eigenvalue weighted by molar-refractivity contribution is -0.124. The Morgan fingerprint density at radius 2 is 1.84 bits per heavy atom. The van der Waals surface area contributed by atoms with E-state index in [2.05, 4.69) is 15.6 Å². The maximum absolute atomic E-state index is 14.7. The van der Waals surface area contributed by atoms with E-state index in [1.165, 1.54) is 13.1 Å². The van der Waals surface area contributed by atoms with Crippen LogP contribution in [0.15, 0.2) is 12.1 Å². The van der Waals surface area contributed by atoms with Gasteiger partial charge in [-0.05, 0) is 43.2 Å². The number of halogens is 2. The van der Waals surface area contributed by atoms with Crippen LogP contribution in [0.4, 0.5) is 8.78 Å². The average Bonchev–Trinajstić information content (AvgIpc) is 2.88. The highest BCUT2D eigenvalue weighted by Gasteiger charge is 2.34. The molecular weight excluding hydrogens is 402 g/mol.